The van der Waals surface area contributed by atoms with Crippen LogP contribution in [0.2, 0.25) is 0 Å². The quantitative estimate of drug-likeness (QED) is 0.324. The first-order valence-corrected chi connectivity index (χ1v) is 7.32. The number of terminal acetylenes is 1. The first-order valence-electron chi connectivity index (χ1n) is 7.32. The van der Waals surface area contributed by atoms with E-state index in [4.69, 9.17) is 6.42 Å². The molecule has 0 saturated heterocycles. The maximum absolute atomic E-state index is 5.26. The molecular weight excluding hydrogens is 401 g/mol. The van der Waals surface area contributed by atoms with Crippen molar-refractivity contribution in [2.24, 2.45) is 4.99 Å². The van der Waals surface area contributed by atoms with Gasteiger partial charge in [0.05, 0.1) is 19.6 Å². The zero-order chi connectivity index (χ0) is 15.6. The molecule has 0 fully saturated rings. The number of halogens is 1. The first-order chi connectivity index (χ1) is 10.8. The molecule has 2 aromatic rings. The molecule has 122 valence electrons. The predicted molar refractivity (Wildman–Crippen MR) is 105 cm³/mol. The Hall–Kier alpha value is -2.01. The average molecular weight is 423 g/mol. The summed E-state index contributed by atoms with van der Waals surface area (Å²) in [4.78, 5) is 4.54. The fraction of sp³-hybridized carbons (Fsp3) is 0.294. The summed E-state index contributed by atoms with van der Waals surface area (Å²) >= 11 is 0. The molecule has 0 unspecified atom stereocenters. The number of nitrogens with zero attached hydrogens (tertiary/aromatic N) is 3. The molecular formula is C17H22IN5. The molecule has 1 heterocycles. The van der Waals surface area contributed by atoms with Crippen molar-refractivity contribution in [3.8, 4) is 12.3 Å². The summed E-state index contributed by atoms with van der Waals surface area (Å²) < 4.78 is 1.90. The van der Waals surface area contributed by atoms with Crippen LogP contribution in [0.25, 0.3) is 0 Å². The van der Waals surface area contributed by atoms with Gasteiger partial charge in [0.1, 0.15) is 0 Å². The van der Waals surface area contributed by atoms with E-state index in [0.29, 0.717) is 13.1 Å². The maximum atomic E-state index is 5.26. The number of nitrogens with one attached hydrogen (secondary N) is 2. The first kappa shape index (κ1) is 19.0. The highest BCUT2D eigenvalue weighted by Gasteiger charge is 1.99. The standard InChI is InChI=1S/C17H21N5.HI/c1-3-9-19-17(18-4-2)20-13-15-7-5-8-16(12-15)14-22-11-6-10-21-22;/h1,5-8,10-12H,4,9,13-14H2,2H3,(H2,18,19,20);1H. The molecule has 0 aliphatic carbocycles. The summed E-state index contributed by atoms with van der Waals surface area (Å²) in [6, 6.07) is 10.3. The van der Waals surface area contributed by atoms with E-state index >= 15 is 0 Å². The SMILES string of the molecule is C#CCNC(=NCc1cccc(Cn2cccn2)c1)NCC.I. The van der Waals surface area contributed by atoms with Crippen LogP contribution in [-0.4, -0.2) is 28.8 Å². The Labute approximate surface area is 154 Å². The van der Waals surface area contributed by atoms with E-state index < -0.39 is 0 Å². The molecule has 2 N–H and O–H groups in total. The van der Waals surface area contributed by atoms with Crippen molar-refractivity contribution in [2.75, 3.05) is 13.1 Å². The molecule has 0 radical (unpaired) electrons. The third-order valence-electron chi connectivity index (χ3n) is 3.02. The molecule has 0 spiro atoms. The molecule has 0 aliphatic rings. The van der Waals surface area contributed by atoms with Crippen molar-refractivity contribution in [3.63, 3.8) is 0 Å². The van der Waals surface area contributed by atoms with Gasteiger partial charge < -0.3 is 10.6 Å². The number of rotatable bonds is 6. The number of benzene rings is 1. The van der Waals surface area contributed by atoms with E-state index in [0.717, 1.165) is 24.6 Å². The largest absolute Gasteiger partial charge is 0.357 e. The van der Waals surface area contributed by atoms with E-state index in [9.17, 15) is 0 Å². The van der Waals surface area contributed by atoms with Gasteiger partial charge in [-0.25, -0.2) is 4.99 Å². The lowest BCUT2D eigenvalue weighted by molar-refractivity contribution is 0.686. The third-order valence-corrected chi connectivity index (χ3v) is 3.02. The van der Waals surface area contributed by atoms with Crippen LogP contribution in [-0.2, 0) is 13.1 Å². The lowest BCUT2D eigenvalue weighted by atomic mass is 10.1. The van der Waals surface area contributed by atoms with Gasteiger partial charge in [-0.3, -0.25) is 4.68 Å². The fourth-order valence-corrected chi connectivity index (χ4v) is 2.05. The molecule has 1 aromatic carbocycles. The number of hydrogen-bond acceptors (Lipinski definition) is 2. The zero-order valence-electron chi connectivity index (χ0n) is 13.2. The number of aromatic nitrogens is 2. The van der Waals surface area contributed by atoms with E-state index in [2.05, 4.69) is 44.8 Å². The van der Waals surface area contributed by atoms with Crippen molar-refractivity contribution in [2.45, 2.75) is 20.0 Å². The van der Waals surface area contributed by atoms with Crippen LogP contribution >= 0.6 is 24.0 Å². The normalized spacial score (nSPS) is 10.5. The molecule has 0 saturated carbocycles. The van der Waals surface area contributed by atoms with Crippen molar-refractivity contribution in [3.05, 3.63) is 53.9 Å². The van der Waals surface area contributed by atoms with Gasteiger partial charge in [0, 0.05) is 18.9 Å². The second-order valence-electron chi connectivity index (χ2n) is 4.78. The van der Waals surface area contributed by atoms with Gasteiger partial charge in [-0.1, -0.05) is 30.2 Å². The minimum absolute atomic E-state index is 0. The van der Waals surface area contributed by atoms with E-state index in [1.54, 1.807) is 6.20 Å². The van der Waals surface area contributed by atoms with Gasteiger partial charge in [0.25, 0.3) is 0 Å². The van der Waals surface area contributed by atoms with Gasteiger partial charge in [-0.2, -0.15) is 5.10 Å². The van der Waals surface area contributed by atoms with Crippen molar-refractivity contribution in [1.82, 2.24) is 20.4 Å². The van der Waals surface area contributed by atoms with E-state index in [1.807, 2.05) is 29.9 Å². The summed E-state index contributed by atoms with van der Waals surface area (Å²) in [5.74, 6) is 3.28. The Morgan fingerprint density at radius 3 is 2.83 bits per heavy atom. The topological polar surface area (TPSA) is 54.2 Å². The van der Waals surface area contributed by atoms with Crippen LogP contribution in [0.4, 0.5) is 0 Å². The third kappa shape index (κ3) is 6.74. The highest BCUT2D eigenvalue weighted by Crippen LogP contribution is 2.08. The summed E-state index contributed by atoms with van der Waals surface area (Å²) in [5.41, 5.74) is 2.36. The molecule has 5 nitrogen and oxygen atoms in total. The van der Waals surface area contributed by atoms with Crippen molar-refractivity contribution in [1.29, 1.82) is 0 Å². The Kier molecular flexibility index (Phi) is 8.83. The molecule has 1 aromatic heterocycles. The number of guanidine groups is 1. The van der Waals surface area contributed by atoms with Gasteiger partial charge in [0.2, 0.25) is 0 Å². The van der Waals surface area contributed by atoms with Crippen molar-refractivity contribution < 1.29 is 0 Å². The van der Waals surface area contributed by atoms with E-state index in [-0.39, 0.29) is 24.0 Å². The van der Waals surface area contributed by atoms with Crippen LogP contribution in [0.3, 0.4) is 0 Å². The molecule has 0 bridgehead atoms. The Balaban J connectivity index is 0.00000264. The van der Waals surface area contributed by atoms with Gasteiger partial charge in [-0.15, -0.1) is 30.4 Å². The van der Waals surface area contributed by atoms with Crippen LogP contribution < -0.4 is 10.6 Å². The summed E-state index contributed by atoms with van der Waals surface area (Å²) in [5, 5.41) is 10.5. The monoisotopic (exact) mass is 423 g/mol. The molecule has 23 heavy (non-hydrogen) atoms. The highest BCUT2D eigenvalue weighted by molar-refractivity contribution is 14.0. The smallest absolute Gasteiger partial charge is 0.192 e. The molecule has 0 aliphatic heterocycles. The average Bonchev–Trinajstić information content (AvgIpc) is 3.03. The lowest BCUT2D eigenvalue weighted by Gasteiger charge is -2.09. The summed E-state index contributed by atoms with van der Waals surface area (Å²) in [6.45, 7) is 4.66. The Morgan fingerprint density at radius 1 is 1.30 bits per heavy atom. The Bertz CT molecular complexity index is 643. The second kappa shape index (κ2) is 10.7. The molecule has 0 amide bonds. The lowest BCUT2D eigenvalue weighted by Crippen LogP contribution is -2.37. The second-order valence-corrected chi connectivity index (χ2v) is 4.78. The van der Waals surface area contributed by atoms with Gasteiger partial charge >= 0.3 is 0 Å². The van der Waals surface area contributed by atoms with Crippen LogP contribution in [0.1, 0.15) is 18.1 Å². The molecule has 6 heteroatoms. The minimum atomic E-state index is 0. The van der Waals surface area contributed by atoms with Crippen LogP contribution in [0, 0.1) is 12.3 Å². The molecule has 2 rings (SSSR count). The van der Waals surface area contributed by atoms with Gasteiger partial charge in [-0.05, 0) is 24.1 Å². The fourth-order valence-electron chi connectivity index (χ4n) is 2.05. The Morgan fingerprint density at radius 2 is 2.13 bits per heavy atom. The number of hydrogen-bond donors (Lipinski definition) is 2. The molecule has 0 atom stereocenters. The maximum Gasteiger partial charge on any atom is 0.192 e. The zero-order valence-corrected chi connectivity index (χ0v) is 15.5. The van der Waals surface area contributed by atoms with E-state index in [1.165, 1.54) is 5.56 Å². The van der Waals surface area contributed by atoms with Crippen molar-refractivity contribution >= 4 is 29.9 Å². The van der Waals surface area contributed by atoms with Gasteiger partial charge in [0.15, 0.2) is 5.96 Å². The summed E-state index contributed by atoms with van der Waals surface area (Å²) in [7, 11) is 0. The predicted octanol–water partition coefficient (Wildman–Crippen LogP) is 2.24. The number of aliphatic imine (C=N–C) groups is 1. The minimum Gasteiger partial charge on any atom is -0.357 e. The van der Waals surface area contributed by atoms with Crippen LogP contribution in [0.15, 0.2) is 47.7 Å². The summed E-state index contributed by atoms with van der Waals surface area (Å²) in [6.07, 6.45) is 9.00. The highest BCUT2D eigenvalue weighted by atomic mass is 127. The van der Waals surface area contributed by atoms with Crippen LogP contribution in [0.5, 0.6) is 0 Å².